The number of hydrogen-bond donors (Lipinski definition) is 1. The first-order valence-corrected chi connectivity index (χ1v) is 14.9. The van der Waals surface area contributed by atoms with Crippen molar-refractivity contribution >= 4 is 14.8 Å². The molecule has 0 bridgehead atoms. The Morgan fingerprint density at radius 1 is 1.14 bits per heavy atom. The molecule has 192 valence electrons. The molecule has 1 saturated carbocycles. The van der Waals surface area contributed by atoms with Crippen LogP contribution in [0.25, 0.3) is 22.6 Å². The van der Waals surface area contributed by atoms with Crippen molar-refractivity contribution in [2.75, 3.05) is 13.2 Å². The van der Waals surface area contributed by atoms with Gasteiger partial charge in [0.2, 0.25) is 0 Å². The van der Waals surface area contributed by atoms with Crippen molar-refractivity contribution in [2.45, 2.75) is 44.9 Å². The molecule has 2 aromatic heterocycles. The number of carboxylic acid groups (broad SMARTS) is 1. The summed E-state index contributed by atoms with van der Waals surface area (Å²) in [4.78, 5) is 19.5. The Labute approximate surface area is 208 Å². The van der Waals surface area contributed by atoms with Gasteiger partial charge in [-0.2, -0.15) is 13.2 Å². The molecule has 1 fully saturated rings. The minimum atomic E-state index is -4.56. The van der Waals surface area contributed by atoms with Crippen LogP contribution in [0.1, 0.15) is 18.5 Å². The van der Waals surface area contributed by atoms with E-state index < -0.39 is 32.1 Å². The number of aliphatic carboxylic acids is 1. The molecule has 1 aliphatic rings. The summed E-state index contributed by atoms with van der Waals surface area (Å²) >= 11 is 0. The minimum absolute atomic E-state index is 0.0219. The second-order valence-corrected chi connectivity index (χ2v) is 12.8. The fraction of sp³-hybridized carbons (Fsp3) is 0.400. The summed E-state index contributed by atoms with van der Waals surface area (Å²) < 4.78 is 52.5. The Morgan fingerprint density at radius 3 is 2.39 bits per heavy atom. The molecule has 1 aliphatic carbocycles. The second kappa shape index (κ2) is 10.4. The van der Waals surface area contributed by atoms with E-state index in [0.29, 0.717) is 36.5 Å². The lowest BCUT2D eigenvalue weighted by Crippen LogP contribution is -2.22. The number of aromatic nitrogens is 3. The van der Waals surface area contributed by atoms with Crippen molar-refractivity contribution in [1.29, 1.82) is 0 Å². The number of nitrogens with zero attached hydrogens (tertiary/aromatic N) is 3. The smallest absolute Gasteiger partial charge is 0.434 e. The van der Waals surface area contributed by atoms with Gasteiger partial charge in [0, 0.05) is 38.9 Å². The Morgan fingerprint density at radius 2 is 1.83 bits per heavy atom. The molecule has 2 heterocycles. The molecular weight excluding hydrogens is 491 g/mol. The number of alkyl halides is 3. The van der Waals surface area contributed by atoms with Gasteiger partial charge in [0.1, 0.15) is 30.3 Å². The van der Waals surface area contributed by atoms with Gasteiger partial charge in [-0.25, -0.2) is 4.98 Å². The number of carbonyl (C=O) groups is 1. The van der Waals surface area contributed by atoms with E-state index in [2.05, 4.69) is 23.1 Å². The van der Waals surface area contributed by atoms with E-state index in [0.717, 1.165) is 17.8 Å². The van der Waals surface area contributed by atoms with E-state index in [-0.39, 0.29) is 19.2 Å². The van der Waals surface area contributed by atoms with Crippen molar-refractivity contribution in [1.82, 2.24) is 14.5 Å². The van der Waals surface area contributed by atoms with Crippen molar-refractivity contribution in [3.63, 3.8) is 0 Å². The molecule has 36 heavy (non-hydrogen) atoms. The first kappa shape index (κ1) is 25.9. The Hall–Kier alpha value is -3.18. The zero-order valence-corrected chi connectivity index (χ0v) is 21.2. The van der Waals surface area contributed by atoms with E-state index in [1.165, 1.54) is 10.8 Å². The van der Waals surface area contributed by atoms with Crippen LogP contribution in [0.15, 0.2) is 48.8 Å². The number of rotatable bonds is 11. The summed E-state index contributed by atoms with van der Waals surface area (Å²) in [6, 6.07) is 11.4. The highest BCUT2D eigenvalue weighted by molar-refractivity contribution is 6.55. The highest BCUT2D eigenvalue weighted by Gasteiger charge is 2.51. The third-order valence-corrected chi connectivity index (χ3v) is 7.52. The molecule has 0 aliphatic heterocycles. The minimum Gasteiger partial charge on any atom is -0.492 e. The first-order chi connectivity index (χ1) is 17.1. The maximum Gasteiger partial charge on any atom is 0.434 e. The molecule has 1 aromatic carbocycles. The maximum absolute atomic E-state index is 13.3. The molecule has 0 saturated heterocycles. The monoisotopic (exact) mass is 519 g/mol. The number of imidazole rings is 1. The van der Waals surface area contributed by atoms with Gasteiger partial charge in [0.25, 0.3) is 0 Å². The molecule has 3 aromatic rings. The van der Waals surface area contributed by atoms with Gasteiger partial charge in [-0.05, 0) is 55.3 Å². The van der Waals surface area contributed by atoms with Crippen LogP contribution in [0.4, 0.5) is 13.2 Å². The third-order valence-electron chi connectivity index (χ3n) is 6.13. The Kier molecular flexibility index (Phi) is 7.50. The molecule has 0 unspecified atom stereocenters. The number of ether oxygens (including phenoxy) is 2. The summed E-state index contributed by atoms with van der Waals surface area (Å²) in [6.07, 6.45) is -0.879. The van der Waals surface area contributed by atoms with Gasteiger partial charge in [-0.3, -0.25) is 9.78 Å². The third kappa shape index (κ3) is 6.14. The van der Waals surface area contributed by atoms with Crippen molar-refractivity contribution < 1.29 is 32.5 Å². The molecule has 0 spiro atoms. The van der Waals surface area contributed by atoms with E-state index in [1.54, 1.807) is 36.4 Å². The number of halogens is 3. The maximum atomic E-state index is 13.3. The predicted molar refractivity (Wildman–Crippen MR) is 130 cm³/mol. The molecule has 7 nitrogen and oxygen atoms in total. The van der Waals surface area contributed by atoms with Crippen LogP contribution in [0.2, 0.25) is 19.1 Å². The molecular formula is C25H28F3N3O4Si. The van der Waals surface area contributed by atoms with E-state index in [4.69, 9.17) is 9.47 Å². The molecule has 0 amide bonds. The van der Waals surface area contributed by atoms with Crippen LogP contribution in [-0.4, -0.2) is 47.6 Å². The van der Waals surface area contributed by atoms with Crippen LogP contribution < -0.4 is 4.74 Å². The van der Waals surface area contributed by atoms with Gasteiger partial charge in [-0.15, -0.1) is 0 Å². The average molecular weight is 520 g/mol. The quantitative estimate of drug-likeness (QED) is 0.272. The topological polar surface area (TPSA) is 86.5 Å². The first-order valence-electron chi connectivity index (χ1n) is 11.7. The van der Waals surface area contributed by atoms with Crippen LogP contribution in [0.5, 0.6) is 5.75 Å². The largest absolute Gasteiger partial charge is 0.492 e. The van der Waals surface area contributed by atoms with E-state index >= 15 is 0 Å². The summed E-state index contributed by atoms with van der Waals surface area (Å²) in [7, 11) is -0.814. The second-order valence-electron chi connectivity index (χ2n) is 9.47. The fourth-order valence-corrected chi connectivity index (χ4v) is 4.21. The fourth-order valence-electron chi connectivity index (χ4n) is 3.57. The van der Waals surface area contributed by atoms with E-state index in [9.17, 15) is 23.1 Å². The standard InChI is InChI=1S/C25H28F3N3O4Si/c1-36(2)12-11-34-16-31-14-21(25(26,27)28)30-22(31)18-5-8-20(29-13-18)17-3-6-19(7-4-17)35-15-24(9-10-24)23(32)33/h3-8,13-14,36H,9-12,15-16H2,1-2H3,(H,32,33). The summed E-state index contributed by atoms with van der Waals surface area (Å²) in [5.74, 6) is -0.140. The molecule has 4 rings (SSSR count). The molecule has 11 heteroatoms. The molecule has 0 atom stereocenters. The van der Waals surface area contributed by atoms with Gasteiger partial charge < -0.3 is 19.1 Å². The number of benzene rings is 1. The molecule has 0 radical (unpaired) electrons. The summed E-state index contributed by atoms with van der Waals surface area (Å²) in [5, 5.41) is 9.26. The lowest BCUT2D eigenvalue weighted by Gasteiger charge is -2.12. The molecule has 1 N–H and O–H groups in total. The van der Waals surface area contributed by atoms with Crippen LogP contribution in [0.3, 0.4) is 0 Å². The SMILES string of the molecule is C[SiH](C)CCOCn1cc(C(F)(F)F)nc1-c1ccc(-c2ccc(OCC3(C(=O)O)CC3)cc2)nc1. The predicted octanol–water partition coefficient (Wildman–Crippen LogP) is 5.34. The number of hydrogen-bond acceptors (Lipinski definition) is 5. The zero-order chi connectivity index (χ0) is 25.9. The number of carboxylic acids is 1. The van der Waals surface area contributed by atoms with Gasteiger partial charge >= 0.3 is 12.1 Å². The highest BCUT2D eigenvalue weighted by Crippen LogP contribution is 2.46. The van der Waals surface area contributed by atoms with Crippen LogP contribution in [0, 0.1) is 5.41 Å². The van der Waals surface area contributed by atoms with E-state index in [1.807, 2.05) is 0 Å². The van der Waals surface area contributed by atoms with Crippen LogP contribution in [-0.2, 0) is 22.4 Å². The van der Waals surface area contributed by atoms with Gasteiger partial charge in [0.05, 0.1) is 5.69 Å². The van der Waals surface area contributed by atoms with Crippen molar-refractivity contribution in [2.24, 2.45) is 5.41 Å². The Balaban J connectivity index is 1.46. The Bertz CT molecular complexity index is 1190. The lowest BCUT2D eigenvalue weighted by molar-refractivity contribution is -0.144. The van der Waals surface area contributed by atoms with Crippen molar-refractivity contribution in [3.8, 4) is 28.4 Å². The lowest BCUT2D eigenvalue weighted by atomic mass is 10.1. The van der Waals surface area contributed by atoms with Crippen molar-refractivity contribution in [3.05, 3.63) is 54.5 Å². The zero-order valence-electron chi connectivity index (χ0n) is 20.1. The normalized spacial score (nSPS) is 14.7. The highest BCUT2D eigenvalue weighted by atomic mass is 28.3. The summed E-state index contributed by atoms with van der Waals surface area (Å²) in [6.45, 7) is 4.97. The average Bonchev–Trinajstić information content (AvgIpc) is 3.51. The number of pyridine rings is 1. The summed E-state index contributed by atoms with van der Waals surface area (Å²) in [5.41, 5.74) is 0.111. The van der Waals surface area contributed by atoms with Gasteiger partial charge in [-0.1, -0.05) is 13.1 Å². The van der Waals surface area contributed by atoms with Crippen LogP contribution >= 0.6 is 0 Å². The van der Waals surface area contributed by atoms with Gasteiger partial charge in [0.15, 0.2) is 5.69 Å².